The number of nitrogens with zero attached hydrogens (tertiary/aromatic N) is 2. The van der Waals surface area contributed by atoms with Gasteiger partial charge in [-0.3, -0.25) is 0 Å². The summed E-state index contributed by atoms with van der Waals surface area (Å²) in [6.07, 6.45) is 1.68. The van der Waals surface area contributed by atoms with Crippen LogP contribution in [0.4, 0.5) is 0 Å². The lowest BCUT2D eigenvalue weighted by Gasteiger charge is -2.32. The number of thiophene rings is 1. The molecule has 3 rings (SSSR count). The van der Waals surface area contributed by atoms with Crippen molar-refractivity contribution in [1.82, 2.24) is 10.1 Å². The van der Waals surface area contributed by atoms with Crippen LogP contribution in [0.5, 0.6) is 0 Å². The monoisotopic (exact) mass is 301 g/mol. The molecule has 19 heavy (non-hydrogen) atoms. The third kappa shape index (κ3) is 2.67. The highest BCUT2D eigenvalue weighted by atomic mass is 35.5. The number of hydrogen-bond donors (Lipinski definition) is 1. The SMILES string of the molecule is Cl.NCC1(c2nc(-c3ccsc3)no2)CCOCC1. The molecule has 3 heterocycles. The summed E-state index contributed by atoms with van der Waals surface area (Å²) in [6.45, 7) is 1.92. The summed E-state index contributed by atoms with van der Waals surface area (Å²) >= 11 is 1.62. The lowest BCUT2D eigenvalue weighted by atomic mass is 9.80. The van der Waals surface area contributed by atoms with Crippen LogP contribution in [0.1, 0.15) is 18.7 Å². The second kappa shape index (κ2) is 6.00. The van der Waals surface area contributed by atoms with Crippen molar-refractivity contribution in [3.8, 4) is 11.4 Å². The second-order valence-corrected chi connectivity index (χ2v) is 5.31. The molecule has 0 atom stereocenters. The highest BCUT2D eigenvalue weighted by molar-refractivity contribution is 7.08. The lowest BCUT2D eigenvalue weighted by Crippen LogP contribution is -2.40. The minimum Gasteiger partial charge on any atom is -0.381 e. The molecule has 1 saturated heterocycles. The smallest absolute Gasteiger partial charge is 0.234 e. The molecule has 0 radical (unpaired) electrons. The first-order chi connectivity index (χ1) is 8.84. The predicted molar refractivity (Wildman–Crippen MR) is 75.6 cm³/mol. The zero-order chi connectivity index (χ0) is 12.4. The van der Waals surface area contributed by atoms with E-state index in [2.05, 4.69) is 10.1 Å². The number of nitrogens with two attached hydrogens (primary N) is 1. The molecule has 1 aliphatic rings. The maximum absolute atomic E-state index is 5.92. The minimum atomic E-state index is -0.209. The van der Waals surface area contributed by atoms with Gasteiger partial charge in [0.1, 0.15) is 0 Å². The Balaban J connectivity index is 0.00000133. The summed E-state index contributed by atoms with van der Waals surface area (Å²) in [5.41, 5.74) is 6.70. The molecule has 5 nitrogen and oxygen atoms in total. The Labute approximate surface area is 121 Å². The standard InChI is InChI=1S/C12H15N3O2S.ClH/c13-8-12(2-4-16-5-3-12)11-14-10(15-17-11)9-1-6-18-7-9;/h1,6-7H,2-5,8,13H2;1H. The number of halogens is 1. The largest absolute Gasteiger partial charge is 0.381 e. The van der Waals surface area contributed by atoms with E-state index in [0.717, 1.165) is 18.4 Å². The molecule has 7 heteroatoms. The first kappa shape index (κ1) is 14.5. The van der Waals surface area contributed by atoms with Crippen molar-refractivity contribution in [1.29, 1.82) is 0 Å². The number of rotatable bonds is 3. The Bertz CT molecular complexity index is 509. The zero-order valence-electron chi connectivity index (χ0n) is 10.4. The van der Waals surface area contributed by atoms with E-state index in [-0.39, 0.29) is 17.8 Å². The van der Waals surface area contributed by atoms with Gasteiger partial charge in [-0.1, -0.05) is 5.16 Å². The molecule has 1 aliphatic heterocycles. The van der Waals surface area contributed by atoms with Gasteiger partial charge in [0, 0.05) is 30.7 Å². The molecular formula is C12H16ClN3O2S. The second-order valence-electron chi connectivity index (χ2n) is 4.53. The van der Waals surface area contributed by atoms with Crippen molar-refractivity contribution in [2.45, 2.75) is 18.3 Å². The van der Waals surface area contributed by atoms with Gasteiger partial charge in [-0.15, -0.1) is 12.4 Å². The molecule has 1 fully saturated rings. The summed E-state index contributed by atoms with van der Waals surface area (Å²) in [5, 5.41) is 8.06. The lowest BCUT2D eigenvalue weighted by molar-refractivity contribution is 0.0409. The summed E-state index contributed by atoms with van der Waals surface area (Å²) < 4.78 is 10.8. The summed E-state index contributed by atoms with van der Waals surface area (Å²) in [7, 11) is 0. The van der Waals surface area contributed by atoms with Crippen LogP contribution in [0, 0.1) is 0 Å². The highest BCUT2D eigenvalue weighted by Gasteiger charge is 2.38. The Kier molecular flexibility index (Phi) is 4.57. The van der Waals surface area contributed by atoms with Gasteiger partial charge in [-0.2, -0.15) is 16.3 Å². The van der Waals surface area contributed by atoms with Crippen molar-refractivity contribution in [2.24, 2.45) is 5.73 Å². The summed E-state index contributed by atoms with van der Waals surface area (Å²) in [4.78, 5) is 4.51. The number of hydrogen-bond acceptors (Lipinski definition) is 6. The van der Waals surface area contributed by atoms with Gasteiger partial charge in [0.2, 0.25) is 11.7 Å². The van der Waals surface area contributed by atoms with Gasteiger partial charge in [-0.25, -0.2) is 0 Å². The topological polar surface area (TPSA) is 74.2 Å². The van der Waals surface area contributed by atoms with Crippen LogP contribution in [-0.2, 0) is 10.2 Å². The van der Waals surface area contributed by atoms with Crippen LogP contribution in [0.15, 0.2) is 21.3 Å². The van der Waals surface area contributed by atoms with Gasteiger partial charge in [-0.05, 0) is 24.3 Å². The average Bonchev–Trinajstić information content (AvgIpc) is 3.10. The Morgan fingerprint density at radius 3 is 2.79 bits per heavy atom. The van der Waals surface area contributed by atoms with Crippen molar-refractivity contribution < 1.29 is 9.26 Å². The van der Waals surface area contributed by atoms with E-state index in [9.17, 15) is 0 Å². The molecule has 2 aromatic rings. The first-order valence-corrected chi connectivity index (χ1v) is 6.93. The van der Waals surface area contributed by atoms with Crippen molar-refractivity contribution in [3.63, 3.8) is 0 Å². The Morgan fingerprint density at radius 1 is 1.37 bits per heavy atom. The van der Waals surface area contributed by atoms with E-state index >= 15 is 0 Å². The van der Waals surface area contributed by atoms with Crippen LogP contribution in [-0.4, -0.2) is 29.9 Å². The quantitative estimate of drug-likeness (QED) is 0.941. The third-order valence-corrected chi connectivity index (χ3v) is 4.18. The number of ether oxygens (including phenoxy) is 1. The molecule has 0 unspecified atom stereocenters. The Morgan fingerprint density at radius 2 is 2.16 bits per heavy atom. The van der Waals surface area contributed by atoms with Gasteiger partial charge >= 0.3 is 0 Å². The van der Waals surface area contributed by atoms with Gasteiger partial charge in [0.05, 0.1) is 5.41 Å². The summed E-state index contributed by atoms with van der Waals surface area (Å²) in [5.74, 6) is 1.29. The fourth-order valence-corrected chi connectivity index (χ4v) is 2.85. The van der Waals surface area contributed by atoms with Crippen LogP contribution in [0.2, 0.25) is 0 Å². The molecular weight excluding hydrogens is 286 g/mol. The van der Waals surface area contributed by atoms with Gasteiger partial charge in [0.25, 0.3) is 0 Å². The van der Waals surface area contributed by atoms with Crippen LogP contribution >= 0.6 is 23.7 Å². The summed E-state index contributed by atoms with van der Waals surface area (Å²) in [6, 6.07) is 1.98. The normalized spacial score (nSPS) is 17.9. The van der Waals surface area contributed by atoms with E-state index in [1.54, 1.807) is 11.3 Å². The fraction of sp³-hybridized carbons (Fsp3) is 0.500. The molecule has 0 bridgehead atoms. The van der Waals surface area contributed by atoms with E-state index in [1.165, 1.54) is 0 Å². The molecule has 0 saturated carbocycles. The van der Waals surface area contributed by atoms with Crippen molar-refractivity contribution >= 4 is 23.7 Å². The van der Waals surface area contributed by atoms with Crippen molar-refractivity contribution in [3.05, 3.63) is 22.7 Å². The van der Waals surface area contributed by atoms with Crippen LogP contribution < -0.4 is 5.73 Å². The van der Waals surface area contributed by atoms with Crippen molar-refractivity contribution in [2.75, 3.05) is 19.8 Å². The highest BCUT2D eigenvalue weighted by Crippen LogP contribution is 2.33. The number of aromatic nitrogens is 2. The van der Waals surface area contributed by atoms with Crippen LogP contribution in [0.3, 0.4) is 0 Å². The molecule has 0 spiro atoms. The average molecular weight is 302 g/mol. The fourth-order valence-electron chi connectivity index (χ4n) is 2.22. The molecule has 104 valence electrons. The van der Waals surface area contributed by atoms with Gasteiger partial charge < -0.3 is 15.0 Å². The van der Waals surface area contributed by atoms with Gasteiger partial charge in [0.15, 0.2) is 0 Å². The molecule has 2 aromatic heterocycles. The molecule has 0 aliphatic carbocycles. The van der Waals surface area contributed by atoms with E-state index in [0.29, 0.717) is 31.5 Å². The maximum atomic E-state index is 5.92. The third-order valence-electron chi connectivity index (χ3n) is 3.50. The van der Waals surface area contributed by atoms with E-state index in [1.807, 2.05) is 16.8 Å². The first-order valence-electron chi connectivity index (χ1n) is 5.99. The van der Waals surface area contributed by atoms with E-state index < -0.39 is 0 Å². The Hall–Kier alpha value is -0.950. The maximum Gasteiger partial charge on any atom is 0.234 e. The van der Waals surface area contributed by atoms with Crippen LogP contribution in [0.25, 0.3) is 11.4 Å². The molecule has 2 N–H and O–H groups in total. The predicted octanol–water partition coefficient (Wildman–Crippen LogP) is 2.23. The zero-order valence-corrected chi connectivity index (χ0v) is 12.0. The minimum absolute atomic E-state index is 0. The van der Waals surface area contributed by atoms with E-state index in [4.69, 9.17) is 15.0 Å². The molecule has 0 aromatic carbocycles. The molecule has 0 amide bonds.